The van der Waals surface area contributed by atoms with Gasteiger partial charge in [0.15, 0.2) is 0 Å². The van der Waals surface area contributed by atoms with Gasteiger partial charge in [0.25, 0.3) is 0 Å². The third kappa shape index (κ3) is 2.23. The Bertz CT molecular complexity index is 637. The van der Waals surface area contributed by atoms with Crippen LogP contribution in [0.5, 0.6) is 0 Å². The van der Waals surface area contributed by atoms with Crippen molar-refractivity contribution in [2.75, 3.05) is 5.32 Å². The molecule has 110 valence electrons. The number of carboxylic acids is 1. The third-order valence-electron chi connectivity index (χ3n) is 4.35. The van der Waals surface area contributed by atoms with E-state index in [0.717, 1.165) is 16.8 Å². The number of anilines is 1. The Morgan fingerprint density at radius 2 is 1.81 bits per heavy atom. The van der Waals surface area contributed by atoms with Crippen molar-refractivity contribution in [2.24, 2.45) is 11.8 Å². The molecule has 0 saturated carbocycles. The van der Waals surface area contributed by atoms with Crippen molar-refractivity contribution in [3.63, 3.8) is 0 Å². The number of rotatable bonds is 3. The predicted octanol–water partition coefficient (Wildman–Crippen LogP) is 1.90. The summed E-state index contributed by atoms with van der Waals surface area (Å²) in [7, 11) is 0. The van der Waals surface area contributed by atoms with E-state index in [1.807, 2.05) is 32.0 Å². The Kier molecular flexibility index (Phi) is 3.29. The topological polar surface area (TPSA) is 75.6 Å². The summed E-state index contributed by atoms with van der Waals surface area (Å²) in [6, 6.07) is 5.65. The molecule has 2 aliphatic rings. The summed E-state index contributed by atoms with van der Waals surface area (Å²) in [5.74, 6) is -2.79. The molecule has 5 heteroatoms. The van der Waals surface area contributed by atoms with Crippen molar-refractivity contribution in [3.05, 3.63) is 41.5 Å². The van der Waals surface area contributed by atoms with Gasteiger partial charge in [0.1, 0.15) is 5.92 Å². The van der Waals surface area contributed by atoms with Crippen molar-refractivity contribution in [3.8, 4) is 0 Å². The summed E-state index contributed by atoms with van der Waals surface area (Å²) in [5.41, 5.74) is 2.78. The number of carbonyl (C=O) groups is 2. The minimum absolute atomic E-state index is 0.298. The molecule has 2 bridgehead atoms. The van der Waals surface area contributed by atoms with Crippen LogP contribution in [0.3, 0.4) is 0 Å². The molecule has 4 atom stereocenters. The van der Waals surface area contributed by atoms with Crippen LogP contribution in [0.2, 0.25) is 0 Å². The van der Waals surface area contributed by atoms with E-state index in [0.29, 0.717) is 0 Å². The van der Waals surface area contributed by atoms with Crippen LogP contribution in [0, 0.1) is 25.7 Å². The largest absolute Gasteiger partial charge is 0.481 e. The molecular formula is C16H17NO4. The summed E-state index contributed by atoms with van der Waals surface area (Å²) >= 11 is 0. The Labute approximate surface area is 122 Å². The van der Waals surface area contributed by atoms with Crippen molar-refractivity contribution < 1.29 is 19.4 Å². The molecular weight excluding hydrogens is 270 g/mol. The van der Waals surface area contributed by atoms with E-state index in [9.17, 15) is 14.7 Å². The third-order valence-corrected chi connectivity index (χ3v) is 4.35. The number of benzene rings is 1. The Balaban J connectivity index is 1.84. The minimum atomic E-state index is -0.993. The van der Waals surface area contributed by atoms with Crippen LogP contribution < -0.4 is 5.32 Å². The Morgan fingerprint density at radius 3 is 2.48 bits per heavy atom. The van der Waals surface area contributed by atoms with Gasteiger partial charge >= 0.3 is 5.97 Å². The number of ether oxygens (including phenoxy) is 1. The van der Waals surface area contributed by atoms with Crippen molar-refractivity contribution in [2.45, 2.75) is 26.1 Å². The summed E-state index contributed by atoms with van der Waals surface area (Å²) in [4.78, 5) is 23.9. The van der Waals surface area contributed by atoms with Gasteiger partial charge in [-0.15, -0.1) is 0 Å². The van der Waals surface area contributed by atoms with Crippen molar-refractivity contribution >= 4 is 17.6 Å². The number of amides is 1. The first-order valence-electron chi connectivity index (χ1n) is 6.92. The number of carboxylic acid groups (broad SMARTS) is 1. The number of nitrogens with one attached hydrogen (secondary N) is 1. The molecule has 1 saturated heterocycles. The van der Waals surface area contributed by atoms with Gasteiger partial charge in [0.05, 0.1) is 18.1 Å². The normalized spacial score (nSPS) is 29.6. The predicted molar refractivity (Wildman–Crippen MR) is 77.0 cm³/mol. The van der Waals surface area contributed by atoms with Crippen LogP contribution in [0.4, 0.5) is 5.69 Å². The molecule has 1 aromatic rings. The number of aryl methyl sites for hydroxylation is 1. The van der Waals surface area contributed by atoms with E-state index >= 15 is 0 Å². The fraction of sp³-hybridized carbons (Fsp3) is 0.375. The molecule has 1 aromatic carbocycles. The highest BCUT2D eigenvalue weighted by atomic mass is 16.5. The first-order valence-corrected chi connectivity index (χ1v) is 6.92. The Morgan fingerprint density at radius 1 is 1.14 bits per heavy atom. The minimum Gasteiger partial charge on any atom is -0.481 e. The first kappa shape index (κ1) is 13.8. The number of hydrogen-bond acceptors (Lipinski definition) is 3. The number of carbonyl (C=O) groups excluding carboxylic acids is 1. The number of hydrogen-bond donors (Lipinski definition) is 2. The van der Waals surface area contributed by atoms with E-state index in [1.165, 1.54) is 0 Å². The zero-order valence-electron chi connectivity index (χ0n) is 11.9. The van der Waals surface area contributed by atoms with Crippen LogP contribution >= 0.6 is 0 Å². The molecule has 0 unspecified atom stereocenters. The summed E-state index contributed by atoms with van der Waals surface area (Å²) in [6.07, 6.45) is 2.56. The summed E-state index contributed by atoms with van der Waals surface area (Å²) < 4.78 is 5.52. The second-order valence-electron chi connectivity index (χ2n) is 5.58. The molecule has 3 rings (SSSR count). The molecule has 2 heterocycles. The van der Waals surface area contributed by atoms with E-state index in [4.69, 9.17) is 4.74 Å². The zero-order valence-corrected chi connectivity index (χ0v) is 11.9. The lowest BCUT2D eigenvalue weighted by Gasteiger charge is -2.21. The molecule has 2 aliphatic heterocycles. The first-order chi connectivity index (χ1) is 9.99. The molecule has 0 aromatic heterocycles. The van der Waals surface area contributed by atoms with Crippen molar-refractivity contribution in [1.29, 1.82) is 0 Å². The van der Waals surface area contributed by atoms with Crippen LogP contribution in [-0.4, -0.2) is 29.2 Å². The maximum Gasteiger partial charge on any atom is 0.310 e. The SMILES string of the molecule is Cc1cccc(NC(=O)[C@@H]2[C@@H](C(=O)O)[C@H]3C=C[C@@H]2O3)c1C. The average Bonchev–Trinajstić information content (AvgIpc) is 3.04. The van der Waals surface area contributed by atoms with Gasteiger partial charge in [-0.1, -0.05) is 24.3 Å². The van der Waals surface area contributed by atoms with Crippen LogP contribution in [0.1, 0.15) is 11.1 Å². The lowest BCUT2D eigenvalue weighted by Crippen LogP contribution is -2.39. The molecule has 0 aliphatic carbocycles. The molecule has 0 spiro atoms. The fourth-order valence-corrected chi connectivity index (χ4v) is 3.02. The quantitative estimate of drug-likeness (QED) is 0.833. The van der Waals surface area contributed by atoms with E-state index in [1.54, 1.807) is 12.2 Å². The van der Waals surface area contributed by atoms with Gasteiger partial charge in [-0.05, 0) is 31.0 Å². The second kappa shape index (κ2) is 5.00. The van der Waals surface area contributed by atoms with Crippen molar-refractivity contribution in [1.82, 2.24) is 0 Å². The van der Waals surface area contributed by atoms with Gasteiger partial charge < -0.3 is 15.2 Å². The van der Waals surface area contributed by atoms with E-state index in [-0.39, 0.29) is 5.91 Å². The molecule has 5 nitrogen and oxygen atoms in total. The van der Waals surface area contributed by atoms with Gasteiger partial charge in [0, 0.05) is 5.69 Å². The molecule has 1 amide bonds. The maximum atomic E-state index is 12.5. The highest BCUT2D eigenvalue weighted by Gasteiger charge is 2.53. The van der Waals surface area contributed by atoms with Gasteiger partial charge in [-0.25, -0.2) is 0 Å². The second-order valence-corrected chi connectivity index (χ2v) is 5.58. The van der Waals surface area contributed by atoms with E-state index in [2.05, 4.69) is 5.32 Å². The van der Waals surface area contributed by atoms with E-state index < -0.39 is 30.0 Å². The summed E-state index contributed by atoms with van der Waals surface area (Å²) in [5, 5.41) is 12.2. The lowest BCUT2D eigenvalue weighted by molar-refractivity contribution is -0.145. The van der Waals surface area contributed by atoms with Crippen LogP contribution in [0.15, 0.2) is 30.4 Å². The van der Waals surface area contributed by atoms with Gasteiger partial charge in [-0.2, -0.15) is 0 Å². The Hall–Kier alpha value is -2.14. The smallest absolute Gasteiger partial charge is 0.310 e. The lowest BCUT2D eigenvalue weighted by atomic mass is 9.82. The highest BCUT2D eigenvalue weighted by Crippen LogP contribution is 2.40. The molecule has 21 heavy (non-hydrogen) atoms. The number of fused-ring (bicyclic) bond motifs is 2. The number of aliphatic carboxylic acids is 1. The molecule has 1 fully saturated rings. The monoisotopic (exact) mass is 287 g/mol. The highest BCUT2D eigenvalue weighted by molar-refractivity contribution is 5.97. The zero-order chi connectivity index (χ0) is 15.1. The van der Waals surface area contributed by atoms with Crippen LogP contribution in [-0.2, 0) is 14.3 Å². The average molecular weight is 287 g/mol. The van der Waals surface area contributed by atoms with Gasteiger partial charge in [-0.3, -0.25) is 9.59 Å². The fourth-order valence-electron chi connectivity index (χ4n) is 3.02. The molecule has 2 N–H and O–H groups in total. The maximum absolute atomic E-state index is 12.5. The molecule has 0 radical (unpaired) electrons. The summed E-state index contributed by atoms with van der Waals surface area (Å²) in [6.45, 7) is 3.89. The van der Waals surface area contributed by atoms with Gasteiger partial charge in [0.2, 0.25) is 5.91 Å². The van der Waals surface area contributed by atoms with Crippen LogP contribution in [0.25, 0.3) is 0 Å². The standard InChI is InChI=1S/C16H17NO4/c1-8-4-3-5-10(9(8)2)17-15(18)13-11-6-7-12(21-11)14(13)16(19)20/h3-7,11-14H,1-2H3,(H,17,18)(H,19,20)/t11-,12+,13-,14-/m0/s1.